The molecule has 7 heteroatoms. The van der Waals surface area contributed by atoms with Crippen LogP contribution in [-0.4, -0.2) is 53.2 Å². The molecule has 0 aromatic carbocycles. The van der Waals surface area contributed by atoms with Gasteiger partial charge in [0.2, 0.25) is 5.91 Å². The first kappa shape index (κ1) is 17.3. The van der Waals surface area contributed by atoms with Crippen molar-refractivity contribution in [2.24, 2.45) is 0 Å². The summed E-state index contributed by atoms with van der Waals surface area (Å²) in [5.74, 6) is 0.858. The summed E-state index contributed by atoms with van der Waals surface area (Å²) in [5.41, 5.74) is 1.84. The normalized spacial score (nSPS) is 19.8. The SMILES string of the molecule is CO[C@@H]1C[C@H](CNC(=O)Cc2cccnc2C)N(c2ccncn2)C1. The summed E-state index contributed by atoms with van der Waals surface area (Å²) >= 11 is 0. The quantitative estimate of drug-likeness (QED) is 0.848. The van der Waals surface area contributed by atoms with Crippen LogP contribution in [0.1, 0.15) is 17.7 Å². The third kappa shape index (κ3) is 4.30. The minimum absolute atomic E-state index is 0.000366. The van der Waals surface area contributed by atoms with Crippen molar-refractivity contribution in [2.45, 2.75) is 31.9 Å². The van der Waals surface area contributed by atoms with Crippen LogP contribution in [0.3, 0.4) is 0 Å². The molecule has 1 saturated heterocycles. The highest BCUT2D eigenvalue weighted by Crippen LogP contribution is 2.24. The van der Waals surface area contributed by atoms with Gasteiger partial charge in [0.05, 0.1) is 18.6 Å². The van der Waals surface area contributed by atoms with Crippen LogP contribution in [0.2, 0.25) is 0 Å². The van der Waals surface area contributed by atoms with Crippen molar-refractivity contribution in [3.63, 3.8) is 0 Å². The van der Waals surface area contributed by atoms with E-state index in [9.17, 15) is 4.79 Å². The summed E-state index contributed by atoms with van der Waals surface area (Å²) in [4.78, 5) is 27.0. The standard InChI is InChI=1S/C18H23N5O2/c1-13-14(4-3-6-20-13)8-18(24)21-10-15-9-16(25-2)11-23(15)17-5-7-19-12-22-17/h3-7,12,15-16H,8-11H2,1-2H3,(H,21,24)/t15-,16-/m1/s1. The summed E-state index contributed by atoms with van der Waals surface area (Å²) in [6.07, 6.45) is 6.33. The van der Waals surface area contributed by atoms with E-state index >= 15 is 0 Å². The Morgan fingerprint density at radius 3 is 2.96 bits per heavy atom. The molecule has 1 fully saturated rings. The van der Waals surface area contributed by atoms with Crippen LogP contribution in [0, 0.1) is 6.92 Å². The molecule has 3 rings (SSSR count). The van der Waals surface area contributed by atoms with Crippen molar-refractivity contribution in [1.82, 2.24) is 20.3 Å². The molecule has 2 aromatic heterocycles. The number of ether oxygens (including phenoxy) is 1. The Labute approximate surface area is 147 Å². The summed E-state index contributed by atoms with van der Waals surface area (Å²) in [7, 11) is 1.72. The molecule has 1 N–H and O–H groups in total. The fourth-order valence-corrected chi connectivity index (χ4v) is 3.14. The predicted molar refractivity (Wildman–Crippen MR) is 94.3 cm³/mol. The van der Waals surface area contributed by atoms with Gasteiger partial charge in [-0.1, -0.05) is 6.07 Å². The van der Waals surface area contributed by atoms with E-state index in [1.807, 2.05) is 25.1 Å². The Hall–Kier alpha value is -2.54. The zero-order chi connectivity index (χ0) is 17.6. The topological polar surface area (TPSA) is 80.2 Å². The zero-order valence-electron chi connectivity index (χ0n) is 14.6. The van der Waals surface area contributed by atoms with Crippen molar-refractivity contribution < 1.29 is 9.53 Å². The zero-order valence-corrected chi connectivity index (χ0v) is 14.6. The van der Waals surface area contributed by atoms with Crippen LogP contribution in [0.4, 0.5) is 5.82 Å². The fraction of sp³-hybridized carbons (Fsp3) is 0.444. The molecule has 7 nitrogen and oxygen atoms in total. The highest BCUT2D eigenvalue weighted by atomic mass is 16.5. The number of carbonyl (C=O) groups excluding carboxylic acids is 1. The Morgan fingerprint density at radius 1 is 1.36 bits per heavy atom. The van der Waals surface area contributed by atoms with Crippen molar-refractivity contribution in [1.29, 1.82) is 0 Å². The lowest BCUT2D eigenvalue weighted by atomic mass is 10.1. The van der Waals surface area contributed by atoms with E-state index < -0.39 is 0 Å². The smallest absolute Gasteiger partial charge is 0.224 e. The fourth-order valence-electron chi connectivity index (χ4n) is 3.14. The van der Waals surface area contributed by atoms with E-state index in [4.69, 9.17) is 4.74 Å². The van der Waals surface area contributed by atoms with Gasteiger partial charge >= 0.3 is 0 Å². The molecule has 1 aliphatic rings. The number of nitrogens with one attached hydrogen (secondary N) is 1. The molecule has 132 valence electrons. The van der Waals surface area contributed by atoms with Gasteiger partial charge in [-0.05, 0) is 31.0 Å². The Bertz CT molecular complexity index is 710. The monoisotopic (exact) mass is 341 g/mol. The van der Waals surface area contributed by atoms with Gasteiger partial charge in [-0.15, -0.1) is 0 Å². The van der Waals surface area contributed by atoms with Crippen molar-refractivity contribution in [2.75, 3.05) is 25.1 Å². The minimum Gasteiger partial charge on any atom is -0.380 e. The molecule has 0 bridgehead atoms. The maximum absolute atomic E-state index is 12.3. The minimum atomic E-state index is -0.000366. The maximum Gasteiger partial charge on any atom is 0.224 e. The number of hydrogen-bond donors (Lipinski definition) is 1. The van der Waals surface area contributed by atoms with Gasteiger partial charge < -0.3 is 15.0 Å². The van der Waals surface area contributed by atoms with Gasteiger partial charge in [0.25, 0.3) is 0 Å². The number of nitrogens with zero attached hydrogens (tertiary/aromatic N) is 4. The van der Waals surface area contributed by atoms with E-state index in [0.717, 1.165) is 30.0 Å². The molecule has 0 aliphatic carbocycles. The van der Waals surface area contributed by atoms with Crippen molar-refractivity contribution in [3.8, 4) is 0 Å². The van der Waals surface area contributed by atoms with Gasteiger partial charge in [-0.25, -0.2) is 9.97 Å². The summed E-state index contributed by atoms with van der Waals surface area (Å²) in [6.45, 7) is 3.23. The van der Waals surface area contributed by atoms with E-state index in [-0.39, 0.29) is 18.1 Å². The lowest BCUT2D eigenvalue weighted by molar-refractivity contribution is -0.120. The first-order valence-corrected chi connectivity index (χ1v) is 8.40. The van der Waals surface area contributed by atoms with E-state index in [0.29, 0.717) is 13.0 Å². The highest BCUT2D eigenvalue weighted by Gasteiger charge is 2.33. The van der Waals surface area contributed by atoms with Crippen LogP contribution < -0.4 is 10.2 Å². The number of carbonyl (C=O) groups is 1. The number of aromatic nitrogens is 3. The molecule has 2 aromatic rings. The third-order valence-corrected chi connectivity index (χ3v) is 4.57. The van der Waals surface area contributed by atoms with Crippen molar-refractivity contribution >= 4 is 11.7 Å². The number of aryl methyl sites for hydroxylation is 1. The maximum atomic E-state index is 12.3. The second-order valence-corrected chi connectivity index (χ2v) is 6.20. The molecule has 0 spiro atoms. The summed E-state index contributed by atoms with van der Waals surface area (Å²) in [6, 6.07) is 5.82. The Kier molecular flexibility index (Phi) is 5.55. The predicted octanol–water partition coefficient (Wildman–Crippen LogP) is 1.13. The van der Waals surface area contributed by atoms with Crippen molar-refractivity contribution in [3.05, 3.63) is 48.2 Å². The lowest BCUT2D eigenvalue weighted by Crippen LogP contribution is -2.41. The molecule has 0 saturated carbocycles. The number of amides is 1. The number of rotatable bonds is 6. The van der Waals surface area contributed by atoms with Gasteiger partial charge in [-0.3, -0.25) is 9.78 Å². The molecule has 0 unspecified atom stereocenters. The number of pyridine rings is 1. The van der Waals surface area contributed by atoms with E-state index in [1.54, 1.807) is 19.5 Å². The number of hydrogen-bond acceptors (Lipinski definition) is 6. The molecular formula is C18H23N5O2. The summed E-state index contributed by atoms with van der Waals surface area (Å²) < 4.78 is 5.51. The first-order chi connectivity index (χ1) is 12.2. The molecule has 1 amide bonds. The van der Waals surface area contributed by atoms with Crippen LogP contribution in [-0.2, 0) is 16.0 Å². The van der Waals surface area contributed by atoms with Gasteiger partial charge in [0, 0.05) is 38.3 Å². The van der Waals surface area contributed by atoms with E-state index in [2.05, 4.69) is 25.2 Å². The molecule has 1 aliphatic heterocycles. The second kappa shape index (κ2) is 8.02. The largest absolute Gasteiger partial charge is 0.380 e. The lowest BCUT2D eigenvalue weighted by Gasteiger charge is -2.25. The number of methoxy groups -OCH3 is 1. The van der Waals surface area contributed by atoms with E-state index in [1.165, 1.54) is 6.33 Å². The van der Waals surface area contributed by atoms with Gasteiger partial charge in [-0.2, -0.15) is 0 Å². The second-order valence-electron chi connectivity index (χ2n) is 6.20. The molecule has 2 atom stereocenters. The highest BCUT2D eigenvalue weighted by molar-refractivity contribution is 5.78. The average molecular weight is 341 g/mol. The summed E-state index contributed by atoms with van der Waals surface area (Å²) in [5, 5.41) is 3.04. The van der Waals surface area contributed by atoms with Gasteiger partial charge in [0.1, 0.15) is 12.1 Å². The Balaban J connectivity index is 1.60. The molecule has 25 heavy (non-hydrogen) atoms. The van der Waals surface area contributed by atoms with Crippen LogP contribution >= 0.6 is 0 Å². The average Bonchev–Trinajstić information content (AvgIpc) is 3.06. The molecular weight excluding hydrogens is 318 g/mol. The van der Waals surface area contributed by atoms with Gasteiger partial charge in [0.15, 0.2) is 0 Å². The van der Waals surface area contributed by atoms with Crippen LogP contribution in [0.15, 0.2) is 36.9 Å². The third-order valence-electron chi connectivity index (χ3n) is 4.57. The van der Waals surface area contributed by atoms with Crippen LogP contribution in [0.25, 0.3) is 0 Å². The first-order valence-electron chi connectivity index (χ1n) is 8.40. The Morgan fingerprint density at radius 2 is 2.24 bits per heavy atom. The molecule has 3 heterocycles. The van der Waals surface area contributed by atoms with Crippen LogP contribution in [0.5, 0.6) is 0 Å². The number of anilines is 1. The molecule has 0 radical (unpaired) electrons.